The third-order valence-electron chi connectivity index (χ3n) is 4.14. The second kappa shape index (κ2) is 10.1. The maximum atomic E-state index is 12.1. The third kappa shape index (κ3) is 5.79. The Hall–Kier alpha value is -0.770. The standard InChI is InChI=1S/C17H25ClN2O.ClH/c1-13-7-6-10-15(16(13)18)17(21)20-12-11-19-14-8-4-2-3-5-9-14;/h6-7,10,14,19H,2-5,8-9,11-12H2,1H3,(H,20,21);1H. The van der Waals surface area contributed by atoms with Gasteiger partial charge in [0, 0.05) is 19.1 Å². The highest BCUT2D eigenvalue weighted by Gasteiger charge is 2.13. The van der Waals surface area contributed by atoms with Crippen LogP contribution in [0.25, 0.3) is 0 Å². The average Bonchev–Trinajstić information content (AvgIpc) is 2.75. The molecule has 0 heterocycles. The van der Waals surface area contributed by atoms with Crippen molar-refractivity contribution in [2.24, 2.45) is 0 Å². The number of halogens is 2. The van der Waals surface area contributed by atoms with Gasteiger partial charge in [0.05, 0.1) is 10.6 Å². The van der Waals surface area contributed by atoms with E-state index in [2.05, 4.69) is 10.6 Å². The zero-order chi connectivity index (χ0) is 15.1. The molecule has 1 aromatic carbocycles. The van der Waals surface area contributed by atoms with Crippen LogP contribution in [0, 0.1) is 6.92 Å². The first-order valence-electron chi connectivity index (χ1n) is 7.95. The minimum atomic E-state index is -0.0913. The van der Waals surface area contributed by atoms with Crippen LogP contribution in [0.4, 0.5) is 0 Å². The number of nitrogens with one attached hydrogen (secondary N) is 2. The van der Waals surface area contributed by atoms with Gasteiger partial charge in [0.2, 0.25) is 0 Å². The van der Waals surface area contributed by atoms with Crippen LogP contribution in [-0.2, 0) is 0 Å². The van der Waals surface area contributed by atoms with E-state index in [1.165, 1.54) is 38.5 Å². The first kappa shape index (κ1) is 19.3. The summed E-state index contributed by atoms with van der Waals surface area (Å²) in [5, 5.41) is 7.03. The van der Waals surface area contributed by atoms with Crippen LogP contribution in [0.2, 0.25) is 5.02 Å². The van der Waals surface area contributed by atoms with E-state index in [9.17, 15) is 4.79 Å². The molecule has 1 aliphatic rings. The van der Waals surface area contributed by atoms with Crippen molar-refractivity contribution in [3.05, 3.63) is 34.3 Å². The largest absolute Gasteiger partial charge is 0.351 e. The third-order valence-corrected chi connectivity index (χ3v) is 4.64. The van der Waals surface area contributed by atoms with E-state index in [-0.39, 0.29) is 18.3 Å². The Labute approximate surface area is 144 Å². The Morgan fingerprint density at radius 1 is 1.18 bits per heavy atom. The van der Waals surface area contributed by atoms with Gasteiger partial charge in [-0.1, -0.05) is 49.4 Å². The van der Waals surface area contributed by atoms with Crippen molar-refractivity contribution in [3.8, 4) is 0 Å². The average molecular weight is 345 g/mol. The lowest BCUT2D eigenvalue weighted by Gasteiger charge is -2.16. The molecule has 1 aromatic rings. The molecule has 0 unspecified atom stereocenters. The Morgan fingerprint density at radius 2 is 1.86 bits per heavy atom. The quantitative estimate of drug-likeness (QED) is 0.623. The molecule has 5 heteroatoms. The molecular weight excluding hydrogens is 319 g/mol. The number of rotatable bonds is 5. The summed E-state index contributed by atoms with van der Waals surface area (Å²) in [5.74, 6) is -0.0913. The van der Waals surface area contributed by atoms with E-state index < -0.39 is 0 Å². The number of benzene rings is 1. The number of amides is 1. The van der Waals surface area contributed by atoms with Crippen LogP contribution in [0.5, 0.6) is 0 Å². The topological polar surface area (TPSA) is 41.1 Å². The van der Waals surface area contributed by atoms with Crippen molar-refractivity contribution in [2.75, 3.05) is 13.1 Å². The van der Waals surface area contributed by atoms with Gasteiger partial charge in [-0.25, -0.2) is 0 Å². The maximum absolute atomic E-state index is 12.1. The van der Waals surface area contributed by atoms with E-state index in [1.54, 1.807) is 6.07 Å². The molecule has 3 nitrogen and oxygen atoms in total. The predicted octanol–water partition coefficient (Wildman–Crippen LogP) is 4.11. The van der Waals surface area contributed by atoms with Gasteiger partial charge in [-0.15, -0.1) is 12.4 Å². The molecule has 1 fully saturated rings. The molecule has 1 aliphatic carbocycles. The number of hydrogen-bond donors (Lipinski definition) is 2. The first-order chi connectivity index (χ1) is 10.2. The van der Waals surface area contributed by atoms with Crippen molar-refractivity contribution < 1.29 is 4.79 Å². The summed E-state index contributed by atoms with van der Waals surface area (Å²) in [6.45, 7) is 3.37. The summed E-state index contributed by atoms with van der Waals surface area (Å²) >= 11 is 6.16. The molecule has 2 N–H and O–H groups in total. The first-order valence-corrected chi connectivity index (χ1v) is 8.33. The Kier molecular flexibility index (Phi) is 8.84. The Morgan fingerprint density at radius 3 is 2.55 bits per heavy atom. The fourth-order valence-corrected chi connectivity index (χ4v) is 3.07. The monoisotopic (exact) mass is 344 g/mol. The summed E-state index contributed by atoms with van der Waals surface area (Å²) in [5.41, 5.74) is 1.49. The maximum Gasteiger partial charge on any atom is 0.252 e. The molecule has 0 aliphatic heterocycles. The lowest BCUT2D eigenvalue weighted by molar-refractivity contribution is 0.0953. The second-order valence-electron chi connectivity index (χ2n) is 5.83. The molecule has 22 heavy (non-hydrogen) atoms. The zero-order valence-electron chi connectivity index (χ0n) is 13.2. The van der Waals surface area contributed by atoms with Gasteiger partial charge in [0.25, 0.3) is 5.91 Å². The normalized spacial score (nSPS) is 15.7. The van der Waals surface area contributed by atoms with Crippen LogP contribution in [0.15, 0.2) is 18.2 Å². The summed E-state index contributed by atoms with van der Waals surface area (Å²) in [6, 6.07) is 6.16. The number of hydrogen-bond acceptors (Lipinski definition) is 2. The van der Waals surface area contributed by atoms with Gasteiger partial charge in [0.15, 0.2) is 0 Å². The lowest BCUT2D eigenvalue weighted by atomic mass is 10.1. The molecule has 0 spiro atoms. The van der Waals surface area contributed by atoms with Crippen molar-refractivity contribution in [1.29, 1.82) is 0 Å². The summed E-state index contributed by atoms with van der Waals surface area (Å²) in [4.78, 5) is 12.1. The SMILES string of the molecule is Cc1cccc(C(=O)NCCNC2CCCCCC2)c1Cl.Cl. The Bertz CT molecular complexity index is 472. The van der Waals surface area contributed by atoms with Crippen molar-refractivity contribution >= 4 is 29.9 Å². The highest BCUT2D eigenvalue weighted by Crippen LogP contribution is 2.20. The van der Waals surface area contributed by atoms with Crippen molar-refractivity contribution in [2.45, 2.75) is 51.5 Å². The van der Waals surface area contributed by atoms with Gasteiger partial charge in [-0.3, -0.25) is 4.79 Å². The number of carbonyl (C=O) groups is 1. The molecule has 124 valence electrons. The van der Waals surface area contributed by atoms with E-state index >= 15 is 0 Å². The summed E-state index contributed by atoms with van der Waals surface area (Å²) < 4.78 is 0. The van der Waals surface area contributed by atoms with Crippen molar-refractivity contribution in [1.82, 2.24) is 10.6 Å². The fourth-order valence-electron chi connectivity index (χ4n) is 2.85. The molecule has 1 amide bonds. The number of carbonyl (C=O) groups excluding carboxylic acids is 1. The molecule has 0 bridgehead atoms. The van der Waals surface area contributed by atoms with E-state index in [0.717, 1.165) is 12.1 Å². The van der Waals surface area contributed by atoms with Crippen LogP contribution in [0.1, 0.15) is 54.4 Å². The van der Waals surface area contributed by atoms with Gasteiger partial charge < -0.3 is 10.6 Å². The van der Waals surface area contributed by atoms with Gasteiger partial charge >= 0.3 is 0 Å². The number of aryl methyl sites for hydroxylation is 1. The molecule has 2 rings (SSSR count). The fraction of sp³-hybridized carbons (Fsp3) is 0.588. The Balaban J connectivity index is 0.00000242. The summed E-state index contributed by atoms with van der Waals surface area (Å²) in [6.07, 6.45) is 7.89. The van der Waals surface area contributed by atoms with Crippen LogP contribution in [0.3, 0.4) is 0 Å². The van der Waals surface area contributed by atoms with E-state index in [4.69, 9.17) is 11.6 Å². The van der Waals surface area contributed by atoms with E-state index in [1.807, 2.05) is 19.1 Å². The van der Waals surface area contributed by atoms with Crippen molar-refractivity contribution in [3.63, 3.8) is 0 Å². The molecule has 0 aromatic heterocycles. The molecule has 1 saturated carbocycles. The summed E-state index contributed by atoms with van der Waals surface area (Å²) in [7, 11) is 0. The second-order valence-corrected chi connectivity index (χ2v) is 6.21. The van der Waals surface area contributed by atoms with Gasteiger partial charge in [-0.2, -0.15) is 0 Å². The smallest absolute Gasteiger partial charge is 0.252 e. The minimum absolute atomic E-state index is 0. The highest BCUT2D eigenvalue weighted by atomic mass is 35.5. The highest BCUT2D eigenvalue weighted by molar-refractivity contribution is 6.34. The van der Waals surface area contributed by atoms with Crippen LogP contribution >= 0.6 is 24.0 Å². The van der Waals surface area contributed by atoms with Crippen LogP contribution < -0.4 is 10.6 Å². The predicted molar refractivity (Wildman–Crippen MR) is 95.3 cm³/mol. The molecule has 0 saturated heterocycles. The lowest BCUT2D eigenvalue weighted by Crippen LogP contribution is -2.37. The van der Waals surface area contributed by atoms with Crippen LogP contribution in [-0.4, -0.2) is 25.0 Å². The molecular formula is C17H26Cl2N2O. The van der Waals surface area contributed by atoms with Gasteiger partial charge in [0.1, 0.15) is 0 Å². The van der Waals surface area contributed by atoms with E-state index in [0.29, 0.717) is 23.2 Å². The zero-order valence-corrected chi connectivity index (χ0v) is 14.7. The molecule has 0 radical (unpaired) electrons. The van der Waals surface area contributed by atoms with Gasteiger partial charge in [-0.05, 0) is 31.4 Å². The minimum Gasteiger partial charge on any atom is -0.351 e. The molecule has 0 atom stereocenters.